The SMILES string of the molecule is CC(C)[C@H](NC(=O)N(C)Cc1nccs1)C(=O)N[C@@H](Cc1ccccc1)[C@H](O)[C@@H](O)[C@H](Cc1ccccc1)NC(=O)[C@H](NC(=O)N(C)Cc1csc(N)n1)C(C)C. The van der Waals surface area contributed by atoms with Crippen molar-refractivity contribution in [1.29, 1.82) is 0 Å². The second-order valence-electron chi connectivity index (χ2n) is 14.7. The number of aliphatic hydroxyl groups excluding tert-OH is 2. The molecule has 57 heavy (non-hydrogen) atoms. The third-order valence-corrected chi connectivity index (χ3v) is 10.9. The maximum atomic E-state index is 14.0. The summed E-state index contributed by atoms with van der Waals surface area (Å²) in [5.74, 6) is -1.81. The fourth-order valence-corrected chi connectivity index (χ4v) is 7.37. The van der Waals surface area contributed by atoms with Crippen molar-refractivity contribution in [2.24, 2.45) is 11.8 Å². The Labute approximate surface area is 342 Å². The van der Waals surface area contributed by atoms with E-state index in [-0.39, 0.29) is 37.8 Å². The number of benzene rings is 2. The summed E-state index contributed by atoms with van der Waals surface area (Å²) < 4.78 is 0. The monoisotopic (exact) mass is 821 g/mol. The van der Waals surface area contributed by atoms with Crippen LogP contribution in [-0.2, 0) is 35.5 Å². The minimum atomic E-state index is -1.60. The Hall–Kier alpha value is -5.10. The fraction of sp³-hybridized carbons (Fsp3) is 0.450. The lowest BCUT2D eigenvalue weighted by molar-refractivity contribution is -0.129. The van der Waals surface area contributed by atoms with Gasteiger partial charge in [0.1, 0.15) is 29.3 Å². The first-order valence-electron chi connectivity index (χ1n) is 18.8. The zero-order valence-corrected chi connectivity index (χ0v) is 34.8. The van der Waals surface area contributed by atoms with Crippen LogP contribution in [0.15, 0.2) is 77.6 Å². The number of carbonyl (C=O) groups excluding carboxylic acids is 4. The second-order valence-corrected chi connectivity index (χ2v) is 16.6. The third kappa shape index (κ3) is 13.5. The molecule has 8 N–H and O–H groups in total. The number of nitrogens with zero attached hydrogens (tertiary/aromatic N) is 4. The Morgan fingerprint density at radius 1 is 0.702 bits per heavy atom. The zero-order chi connectivity index (χ0) is 41.6. The summed E-state index contributed by atoms with van der Waals surface area (Å²) in [5, 5.41) is 40.1. The molecule has 4 rings (SSSR count). The van der Waals surface area contributed by atoms with Crippen LogP contribution in [0.5, 0.6) is 0 Å². The molecule has 2 aromatic heterocycles. The molecular formula is C40H55N9O6S2. The van der Waals surface area contributed by atoms with Crippen LogP contribution in [-0.4, -0.2) is 104 Å². The Morgan fingerprint density at radius 2 is 1.16 bits per heavy atom. The molecule has 0 spiro atoms. The Balaban J connectivity index is 1.56. The van der Waals surface area contributed by atoms with Crippen LogP contribution in [0.3, 0.4) is 0 Å². The predicted octanol–water partition coefficient (Wildman–Crippen LogP) is 3.39. The van der Waals surface area contributed by atoms with E-state index in [4.69, 9.17) is 5.73 Å². The zero-order valence-electron chi connectivity index (χ0n) is 33.2. The highest BCUT2D eigenvalue weighted by molar-refractivity contribution is 7.13. The minimum absolute atomic E-state index is 0.122. The number of urea groups is 2. The number of carbonyl (C=O) groups is 4. The van der Waals surface area contributed by atoms with Gasteiger partial charge in [0, 0.05) is 31.1 Å². The van der Waals surface area contributed by atoms with Crippen molar-refractivity contribution in [3.8, 4) is 0 Å². The van der Waals surface area contributed by atoms with Crippen molar-refractivity contribution >= 4 is 51.7 Å². The molecule has 6 atom stereocenters. The number of aromatic nitrogens is 2. The first kappa shape index (κ1) is 44.6. The van der Waals surface area contributed by atoms with E-state index in [1.807, 2.05) is 66.0 Å². The molecule has 15 nitrogen and oxygen atoms in total. The summed E-state index contributed by atoms with van der Waals surface area (Å²) in [4.78, 5) is 65.7. The van der Waals surface area contributed by atoms with Gasteiger partial charge in [0.05, 0.1) is 30.9 Å². The van der Waals surface area contributed by atoms with E-state index in [0.29, 0.717) is 10.8 Å². The molecule has 6 amide bonds. The Morgan fingerprint density at radius 3 is 1.54 bits per heavy atom. The molecule has 0 unspecified atom stereocenters. The van der Waals surface area contributed by atoms with Gasteiger partial charge in [-0.15, -0.1) is 22.7 Å². The van der Waals surface area contributed by atoms with Crippen molar-refractivity contribution in [3.63, 3.8) is 0 Å². The van der Waals surface area contributed by atoms with Gasteiger partial charge in [-0.3, -0.25) is 9.59 Å². The summed E-state index contributed by atoms with van der Waals surface area (Å²) in [6.07, 6.45) is -1.29. The quantitative estimate of drug-likeness (QED) is 0.0738. The molecule has 0 saturated carbocycles. The van der Waals surface area contributed by atoms with Crippen LogP contribution in [0.1, 0.15) is 49.5 Å². The molecule has 0 bridgehead atoms. The molecule has 2 aromatic carbocycles. The number of nitrogens with two attached hydrogens (primary N) is 1. The van der Waals surface area contributed by atoms with Gasteiger partial charge in [0.25, 0.3) is 0 Å². The lowest BCUT2D eigenvalue weighted by atomic mass is 9.90. The first-order chi connectivity index (χ1) is 27.1. The van der Waals surface area contributed by atoms with Gasteiger partial charge in [0.15, 0.2) is 5.13 Å². The molecule has 0 fully saturated rings. The van der Waals surface area contributed by atoms with Crippen LogP contribution in [0.2, 0.25) is 0 Å². The van der Waals surface area contributed by atoms with Crippen molar-refractivity contribution < 1.29 is 29.4 Å². The second kappa shape index (κ2) is 21.4. The number of anilines is 1. The van der Waals surface area contributed by atoms with E-state index in [0.717, 1.165) is 16.1 Å². The Kier molecular flexibility index (Phi) is 16.8. The molecule has 2 heterocycles. The number of nitrogens with one attached hydrogen (secondary N) is 4. The summed E-state index contributed by atoms with van der Waals surface area (Å²) in [7, 11) is 3.19. The van der Waals surface area contributed by atoms with Crippen molar-refractivity contribution in [1.82, 2.24) is 41.0 Å². The van der Waals surface area contributed by atoms with Crippen LogP contribution in [0, 0.1) is 11.8 Å². The highest BCUT2D eigenvalue weighted by Gasteiger charge is 2.38. The number of rotatable bonds is 19. The number of amides is 6. The van der Waals surface area contributed by atoms with Crippen molar-refractivity contribution in [2.45, 2.75) is 90.0 Å². The van der Waals surface area contributed by atoms with Crippen LogP contribution < -0.4 is 27.0 Å². The lowest BCUT2D eigenvalue weighted by Gasteiger charge is -2.35. The average molecular weight is 822 g/mol. The molecule has 0 radical (unpaired) electrons. The predicted molar refractivity (Wildman–Crippen MR) is 222 cm³/mol. The molecule has 0 saturated heterocycles. The highest BCUT2D eigenvalue weighted by atomic mass is 32.1. The maximum absolute atomic E-state index is 14.0. The van der Waals surface area contributed by atoms with Crippen molar-refractivity contribution in [2.75, 3.05) is 19.8 Å². The van der Waals surface area contributed by atoms with Crippen LogP contribution in [0.25, 0.3) is 0 Å². The molecule has 17 heteroatoms. The highest BCUT2D eigenvalue weighted by Crippen LogP contribution is 2.18. The van der Waals surface area contributed by atoms with E-state index < -0.39 is 60.3 Å². The normalized spacial score (nSPS) is 14.5. The molecule has 0 aliphatic carbocycles. The van der Waals surface area contributed by atoms with Gasteiger partial charge in [-0.1, -0.05) is 88.4 Å². The molecule has 308 valence electrons. The van der Waals surface area contributed by atoms with Gasteiger partial charge in [0.2, 0.25) is 11.8 Å². The number of aliphatic hydroxyl groups is 2. The van der Waals surface area contributed by atoms with Gasteiger partial charge >= 0.3 is 12.1 Å². The number of thiazole rings is 2. The van der Waals surface area contributed by atoms with Gasteiger partial charge < -0.3 is 47.0 Å². The molecular weight excluding hydrogens is 767 g/mol. The summed E-state index contributed by atoms with van der Waals surface area (Å²) >= 11 is 2.68. The Bertz CT molecular complexity index is 1860. The van der Waals surface area contributed by atoms with Crippen molar-refractivity contribution in [3.05, 3.63) is 99.4 Å². The van der Waals surface area contributed by atoms with Crippen LogP contribution in [0.4, 0.5) is 14.7 Å². The summed E-state index contributed by atoms with van der Waals surface area (Å²) in [6.45, 7) is 7.60. The third-order valence-electron chi connectivity index (χ3n) is 9.40. The topological polar surface area (TPSA) is 215 Å². The standard InChI is InChI=1S/C40H55N9O6S2/c1-24(2)32(46-39(54)48(5)21-28-23-57-38(41)43-28)36(52)44-29(19-26-13-9-7-10-14-26)34(50)35(51)30(20-27-15-11-8-12-16-27)45-37(53)33(25(3)4)47-40(55)49(6)22-31-42-17-18-56-31/h7-18,23-25,29-30,32-35,50-51H,19-22H2,1-6H3,(H2,41,43)(H,44,52)(H,45,53)(H,46,54)(H,47,55)/t29-,30-,32+,33-,34-,35-/m0/s1. The van der Waals surface area contributed by atoms with E-state index in [1.54, 1.807) is 53.4 Å². The number of hydrogen-bond acceptors (Lipinski definition) is 11. The fourth-order valence-electron chi connectivity index (χ4n) is 6.14. The van der Waals surface area contributed by atoms with E-state index in [1.165, 1.54) is 32.5 Å². The molecule has 4 aromatic rings. The molecule has 0 aliphatic heterocycles. The number of nitrogen functional groups attached to an aromatic ring is 1. The maximum Gasteiger partial charge on any atom is 0.318 e. The van der Waals surface area contributed by atoms with E-state index in [9.17, 15) is 29.4 Å². The number of hydrogen-bond donors (Lipinski definition) is 7. The van der Waals surface area contributed by atoms with Gasteiger partial charge in [-0.05, 0) is 35.8 Å². The average Bonchev–Trinajstić information content (AvgIpc) is 3.86. The first-order valence-corrected chi connectivity index (χ1v) is 20.5. The van der Waals surface area contributed by atoms with Crippen LogP contribution >= 0.6 is 22.7 Å². The summed E-state index contributed by atoms with van der Waals surface area (Å²) in [6, 6.07) is 13.3. The van der Waals surface area contributed by atoms with Gasteiger partial charge in [-0.2, -0.15) is 0 Å². The minimum Gasteiger partial charge on any atom is -0.388 e. The van der Waals surface area contributed by atoms with E-state index >= 15 is 0 Å². The molecule has 0 aliphatic rings. The summed E-state index contributed by atoms with van der Waals surface area (Å²) in [5.41, 5.74) is 7.91. The lowest BCUT2D eigenvalue weighted by Crippen LogP contribution is -2.62. The van der Waals surface area contributed by atoms with E-state index in [2.05, 4.69) is 31.2 Å². The smallest absolute Gasteiger partial charge is 0.318 e. The largest absolute Gasteiger partial charge is 0.388 e. The van der Waals surface area contributed by atoms with Gasteiger partial charge in [-0.25, -0.2) is 19.6 Å².